The molecule has 0 fully saturated rings. The fourth-order valence-corrected chi connectivity index (χ4v) is 1.41. The van der Waals surface area contributed by atoms with E-state index in [9.17, 15) is 0 Å². The van der Waals surface area contributed by atoms with Crippen LogP contribution in [0.4, 0.5) is 0 Å². The second kappa shape index (κ2) is 12.2. The van der Waals surface area contributed by atoms with Crippen LogP contribution in [0, 0.1) is 0 Å². The molecule has 0 radical (unpaired) electrons. The molecule has 0 spiro atoms. The SMILES string of the molecule is CCOCCN(CCCCl)CCOCC. The lowest BCUT2D eigenvalue weighted by molar-refractivity contribution is 0.0830. The first-order chi connectivity index (χ1) is 7.35. The Morgan fingerprint density at radius 2 is 1.47 bits per heavy atom. The van der Waals surface area contributed by atoms with E-state index in [0.29, 0.717) is 0 Å². The smallest absolute Gasteiger partial charge is 0.0593 e. The monoisotopic (exact) mass is 237 g/mol. The lowest BCUT2D eigenvalue weighted by atomic mass is 10.4. The van der Waals surface area contributed by atoms with Crippen LogP contribution in [0.15, 0.2) is 0 Å². The number of ether oxygens (including phenoxy) is 2. The van der Waals surface area contributed by atoms with Gasteiger partial charge in [-0.2, -0.15) is 0 Å². The zero-order valence-corrected chi connectivity index (χ0v) is 10.8. The summed E-state index contributed by atoms with van der Waals surface area (Å²) in [6.45, 7) is 10.2. The standard InChI is InChI=1S/C11H24ClNO2/c1-3-14-10-8-13(7-5-6-12)9-11-15-4-2/h3-11H2,1-2H3. The summed E-state index contributed by atoms with van der Waals surface area (Å²) in [7, 11) is 0. The largest absolute Gasteiger partial charge is 0.380 e. The molecule has 0 saturated heterocycles. The van der Waals surface area contributed by atoms with Gasteiger partial charge in [0, 0.05) is 32.2 Å². The van der Waals surface area contributed by atoms with Crippen molar-refractivity contribution in [2.24, 2.45) is 0 Å². The summed E-state index contributed by atoms with van der Waals surface area (Å²) in [4.78, 5) is 2.34. The molecule has 0 aliphatic rings. The molecule has 0 heterocycles. The molecule has 0 rings (SSSR count). The summed E-state index contributed by atoms with van der Waals surface area (Å²) in [5.74, 6) is 0.722. The van der Waals surface area contributed by atoms with E-state index >= 15 is 0 Å². The molecule has 0 aromatic carbocycles. The average Bonchev–Trinajstić information content (AvgIpc) is 2.25. The third kappa shape index (κ3) is 10.5. The number of hydrogen-bond donors (Lipinski definition) is 0. The quantitative estimate of drug-likeness (QED) is 0.405. The van der Waals surface area contributed by atoms with Crippen molar-refractivity contribution in [1.82, 2.24) is 4.90 Å². The van der Waals surface area contributed by atoms with Crippen molar-refractivity contribution >= 4 is 11.6 Å². The molecule has 0 unspecified atom stereocenters. The van der Waals surface area contributed by atoms with Crippen molar-refractivity contribution in [2.45, 2.75) is 20.3 Å². The highest BCUT2D eigenvalue weighted by atomic mass is 35.5. The molecular formula is C11H24ClNO2. The Kier molecular flexibility index (Phi) is 12.4. The first-order valence-corrected chi connectivity index (χ1v) is 6.32. The van der Waals surface area contributed by atoms with Crippen LogP contribution in [-0.2, 0) is 9.47 Å². The molecule has 0 aliphatic heterocycles. The minimum Gasteiger partial charge on any atom is -0.380 e. The molecule has 0 saturated carbocycles. The number of alkyl halides is 1. The lowest BCUT2D eigenvalue weighted by Gasteiger charge is -2.21. The normalized spacial score (nSPS) is 11.2. The van der Waals surface area contributed by atoms with Crippen LogP contribution in [0.2, 0.25) is 0 Å². The van der Waals surface area contributed by atoms with Gasteiger partial charge in [-0.15, -0.1) is 11.6 Å². The average molecular weight is 238 g/mol. The second-order valence-electron chi connectivity index (χ2n) is 3.28. The summed E-state index contributed by atoms with van der Waals surface area (Å²) in [6.07, 6.45) is 1.03. The molecule has 0 aromatic heterocycles. The van der Waals surface area contributed by atoms with E-state index in [0.717, 1.165) is 58.4 Å². The van der Waals surface area contributed by atoms with Crippen molar-refractivity contribution in [2.75, 3.05) is 51.9 Å². The molecule has 92 valence electrons. The zero-order chi connectivity index (χ0) is 11.4. The fraction of sp³-hybridized carbons (Fsp3) is 1.00. The van der Waals surface area contributed by atoms with Gasteiger partial charge < -0.3 is 9.47 Å². The Balaban J connectivity index is 3.53. The van der Waals surface area contributed by atoms with Crippen molar-refractivity contribution in [3.05, 3.63) is 0 Å². The van der Waals surface area contributed by atoms with E-state index in [2.05, 4.69) is 4.90 Å². The summed E-state index contributed by atoms with van der Waals surface area (Å²) >= 11 is 5.68. The van der Waals surface area contributed by atoms with Crippen LogP contribution < -0.4 is 0 Å². The van der Waals surface area contributed by atoms with Crippen LogP contribution >= 0.6 is 11.6 Å². The van der Waals surface area contributed by atoms with Crippen LogP contribution in [0.25, 0.3) is 0 Å². The molecule has 0 aliphatic carbocycles. The van der Waals surface area contributed by atoms with E-state index in [4.69, 9.17) is 21.1 Å². The molecule has 4 heteroatoms. The molecule has 0 aromatic rings. The van der Waals surface area contributed by atoms with Gasteiger partial charge in [-0.05, 0) is 26.8 Å². The highest BCUT2D eigenvalue weighted by molar-refractivity contribution is 6.17. The van der Waals surface area contributed by atoms with Crippen molar-refractivity contribution in [3.8, 4) is 0 Å². The summed E-state index contributed by atoms with van der Waals surface area (Å²) < 4.78 is 10.7. The Labute approximate surface area is 98.7 Å². The molecular weight excluding hydrogens is 214 g/mol. The maximum absolute atomic E-state index is 5.68. The Bertz CT molecular complexity index is 115. The van der Waals surface area contributed by atoms with Gasteiger partial charge >= 0.3 is 0 Å². The van der Waals surface area contributed by atoms with Crippen molar-refractivity contribution < 1.29 is 9.47 Å². The first-order valence-electron chi connectivity index (χ1n) is 5.78. The Morgan fingerprint density at radius 3 is 1.87 bits per heavy atom. The van der Waals surface area contributed by atoms with Gasteiger partial charge in [-0.25, -0.2) is 0 Å². The maximum atomic E-state index is 5.68. The van der Waals surface area contributed by atoms with Gasteiger partial charge in [0.25, 0.3) is 0 Å². The van der Waals surface area contributed by atoms with Gasteiger partial charge in [0.05, 0.1) is 13.2 Å². The van der Waals surface area contributed by atoms with Gasteiger partial charge in [0.2, 0.25) is 0 Å². The first kappa shape index (κ1) is 15.2. The minimum absolute atomic E-state index is 0.722. The van der Waals surface area contributed by atoms with Gasteiger partial charge in [-0.1, -0.05) is 0 Å². The van der Waals surface area contributed by atoms with E-state index < -0.39 is 0 Å². The Morgan fingerprint density at radius 1 is 0.933 bits per heavy atom. The minimum atomic E-state index is 0.722. The molecule has 0 N–H and O–H groups in total. The van der Waals surface area contributed by atoms with E-state index in [1.807, 2.05) is 13.8 Å². The van der Waals surface area contributed by atoms with E-state index in [-0.39, 0.29) is 0 Å². The van der Waals surface area contributed by atoms with Crippen molar-refractivity contribution in [3.63, 3.8) is 0 Å². The second-order valence-corrected chi connectivity index (χ2v) is 3.66. The molecule has 0 atom stereocenters. The highest BCUT2D eigenvalue weighted by Crippen LogP contribution is 1.94. The van der Waals surface area contributed by atoms with Crippen LogP contribution in [0.3, 0.4) is 0 Å². The van der Waals surface area contributed by atoms with Crippen molar-refractivity contribution in [1.29, 1.82) is 0 Å². The summed E-state index contributed by atoms with van der Waals surface area (Å²) in [6, 6.07) is 0. The molecule has 0 amide bonds. The predicted octanol–water partition coefficient (Wildman–Crippen LogP) is 1.99. The summed E-state index contributed by atoms with van der Waals surface area (Å²) in [5, 5.41) is 0. The number of hydrogen-bond acceptors (Lipinski definition) is 3. The van der Waals surface area contributed by atoms with E-state index in [1.54, 1.807) is 0 Å². The lowest BCUT2D eigenvalue weighted by Crippen LogP contribution is -2.32. The topological polar surface area (TPSA) is 21.7 Å². The highest BCUT2D eigenvalue weighted by Gasteiger charge is 2.03. The summed E-state index contributed by atoms with van der Waals surface area (Å²) in [5.41, 5.74) is 0. The zero-order valence-electron chi connectivity index (χ0n) is 10.0. The molecule has 15 heavy (non-hydrogen) atoms. The maximum Gasteiger partial charge on any atom is 0.0593 e. The molecule has 3 nitrogen and oxygen atoms in total. The van der Waals surface area contributed by atoms with Crippen LogP contribution in [0.5, 0.6) is 0 Å². The molecule has 0 bridgehead atoms. The number of halogens is 1. The number of rotatable bonds is 11. The van der Waals surface area contributed by atoms with E-state index in [1.165, 1.54) is 0 Å². The Hall–Kier alpha value is 0.170. The third-order valence-corrected chi connectivity index (χ3v) is 2.39. The van der Waals surface area contributed by atoms with Crippen LogP contribution in [-0.4, -0.2) is 56.8 Å². The van der Waals surface area contributed by atoms with Crippen LogP contribution in [0.1, 0.15) is 20.3 Å². The number of nitrogens with zero attached hydrogens (tertiary/aromatic N) is 1. The van der Waals surface area contributed by atoms with Gasteiger partial charge in [-0.3, -0.25) is 4.90 Å². The third-order valence-electron chi connectivity index (χ3n) is 2.12. The van der Waals surface area contributed by atoms with Gasteiger partial charge in [0.1, 0.15) is 0 Å². The van der Waals surface area contributed by atoms with Gasteiger partial charge in [0.15, 0.2) is 0 Å². The predicted molar refractivity (Wildman–Crippen MR) is 64.8 cm³/mol. The fourth-order valence-electron chi connectivity index (χ4n) is 1.29.